The Morgan fingerprint density at radius 3 is 2.75 bits per heavy atom. The van der Waals surface area contributed by atoms with Gasteiger partial charge in [-0.1, -0.05) is 12.5 Å². The molecule has 1 unspecified atom stereocenters. The third-order valence-corrected chi connectivity index (χ3v) is 3.83. The molecule has 1 fully saturated rings. The van der Waals surface area contributed by atoms with Gasteiger partial charge in [0.05, 0.1) is 5.69 Å². The van der Waals surface area contributed by atoms with Crippen LogP contribution in [0.4, 0.5) is 10.1 Å². The largest absolute Gasteiger partial charge is 0.478 e. The number of halogens is 1. The molecule has 1 aliphatic rings. The van der Waals surface area contributed by atoms with Crippen molar-refractivity contribution < 1.29 is 14.3 Å². The van der Waals surface area contributed by atoms with Crippen LogP contribution < -0.4 is 5.32 Å². The Kier molecular flexibility index (Phi) is 4.95. The topological polar surface area (TPSA) is 52.6 Å². The summed E-state index contributed by atoms with van der Waals surface area (Å²) in [5, 5.41) is 12.1. The van der Waals surface area contributed by atoms with E-state index in [-0.39, 0.29) is 5.56 Å². The minimum atomic E-state index is -1.24. The number of carboxylic acids is 1. The van der Waals surface area contributed by atoms with Crippen LogP contribution in [-0.4, -0.2) is 41.7 Å². The van der Waals surface area contributed by atoms with E-state index in [1.165, 1.54) is 31.4 Å². The second kappa shape index (κ2) is 6.70. The standard InChI is InChI=1S/C15H21FN2O2/c1-11(18-8-3-2-4-9-18)10-17-13-7-5-6-12(16)14(13)15(19)20/h5-7,11,17H,2-4,8-10H2,1H3,(H,19,20). The molecule has 0 spiro atoms. The first-order chi connectivity index (χ1) is 9.59. The Morgan fingerprint density at radius 1 is 1.40 bits per heavy atom. The van der Waals surface area contributed by atoms with Gasteiger partial charge in [-0.2, -0.15) is 0 Å². The first-order valence-corrected chi connectivity index (χ1v) is 7.09. The Bertz CT molecular complexity index is 473. The van der Waals surface area contributed by atoms with Crippen LogP contribution in [0.5, 0.6) is 0 Å². The highest BCUT2D eigenvalue weighted by Crippen LogP contribution is 2.20. The SMILES string of the molecule is CC(CNc1cccc(F)c1C(=O)O)N1CCCCC1. The maximum atomic E-state index is 13.5. The lowest BCUT2D eigenvalue weighted by molar-refractivity contribution is 0.0693. The number of piperidine rings is 1. The second-order valence-corrected chi connectivity index (χ2v) is 5.29. The van der Waals surface area contributed by atoms with Gasteiger partial charge >= 0.3 is 5.97 Å². The number of nitrogens with one attached hydrogen (secondary N) is 1. The Labute approximate surface area is 118 Å². The first-order valence-electron chi connectivity index (χ1n) is 7.09. The lowest BCUT2D eigenvalue weighted by Gasteiger charge is -2.32. The van der Waals surface area contributed by atoms with Crippen molar-refractivity contribution in [2.24, 2.45) is 0 Å². The van der Waals surface area contributed by atoms with Crippen LogP contribution in [0.15, 0.2) is 18.2 Å². The van der Waals surface area contributed by atoms with E-state index in [1.54, 1.807) is 6.07 Å². The number of hydrogen-bond donors (Lipinski definition) is 2. The summed E-state index contributed by atoms with van der Waals surface area (Å²) in [5.41, 5.74) is 0.0692. The average Bonchev–Trinajstić information content (AvgIpc) is 2.45. The van der Waals surface area contributed by atoms with E-state index in [4.69, 9.17) is 5.11 Å². The molecule has 20 heavy (non-hydrogen) atoms. The summed E-state index contributed by atoms with van der Waals surface area (Å²) in [6.45, 7) is 4.89. The normalized spacial score (nSPS) is 17.7. The van der Waals surface area contributed by atoms with Crippen molar-refractivity contribution in [2.45, 2.75) is 32.2 Å². The van der Waals surface area contributed by atoms with E-state index in [1.807, 2.05) is 0 Å². The van der Waals surface area contributed by atoms with E-state index in [0.717, 1.165) is 13.1 Å². The van der Waals surface area contributed by atoms with Crippen molar-refractivity contribution in [1.82, 2.24) is 4.90 Å². The minimum Gasteiger partial charge on any atom is -0.478 e. The van der Waals surface area contributed by atoms with Gasteiger partial charge < -0.3 is 10.4 Å². The van der Waals surface area contributed by atoms with Crippen LogP contribution in [0.3, 0.4) is 0 Å². The van der Waals surface area contributed by atoms with Crippen molar-refractivity contribution in [2.75, 3.05) is 25.0 Å². The fourth-order valence-electron chi connectivity index (χ4n) is 2.63. The maximum absolute atomic E-state index is 13.5. The summed E-state index contributed by atoms with van der Waals surface area (Å²) in [5.74, 6) is -1.94. The fraction of sp³-hybridized carbons (Fsp3) is 0.533. The van der Waals surface area contributed by atoms with E-state index < -0.39 is 11.8 Å². The molecule has 0 aliphatic carbocycles. The quantitative estimate of drug-likeness (QED) is 0.871. The van der Waals surface area contributed by atoms with E-state index >= 15 is 0 Å². The smallest absolute Gasteiger partial charge is 0.340 e. The molecule has 2 N–H and O–H groups in total. The van der Waals surface area contributed by atoms with Gasteiger partial charge in [-0.25, -0.2) is 9.18 Å². The molecule has 0 saturated carbocycles. The van der Waals surface area contributed by atoms with Crippen LogP contribution in [0, 0.1) is 5.82 Å². The summed E-state index contributed by atoms with van der Waals surface area (Å²) in [7, 11) is 0. The number of carbonyl (C=O) groups is 1. The molecule has 4 nitrogen and oxygen atoms in total. The van der Waals surface area contributed by atoms with Crippen LogP contribution >= 0.6 is 0 Å². The van der Waals surface area contributed by atoms with Crippen LogP contribution in [0.2, 0.25) is 0 Å². The van der Waals surface area contributed by atoms with Crippen molar-refractivity contribution in [3.05, 3.63) is 29.6 Å². The van der Waals surface area contributed by atoms with Gasteiger partial charge in [0, 0.05) is 12.6 Å². The van der Waals surface area contributed by atoms with Gasteiger partial charge in [0.2, 0.25) is 0 Å². The lowest BCUT2D eigenvalue weighted by Crippen LogP contribution is -2.41. The molecule has 1 aliphatic heterocycles. The Balaban J connectivity index is 2.00. The number of benzene rings is 1. The van der Waals surface area contributed by atoms with Crippen molar-refractivity contribution in [1.29, 1.82) is 0 Å². The molecule has 1 atom stereocenters. The number of likely N-dealkylation sites (tertiary alicyclic amines) is 1. The molecule has 1 saturated heterocycles. The number of rotatable bonds is 5. The minimum absolute atomic E-state index is 0.279. The number of aromatic carboxylic acids is 1. The molecule has 1 heterocycles. The highest BCUT2D eigenvalue weighted by molar-refractivity contribution is 5.94. The molecular weight excluding hydrogens is 259 g/mol. The summed E-state index contributed by atoms with van der Waals surface area (Å²) < 4.78 is 13.5. The van der Waals surface area contributed by atoms with E-state index in [9.17, 15) is 9.18 Å². The molecule has 0 bridgehead atoms. The van der Waals surface area contributed by atoms with Gasteiger partial charge in [0.1, 0.15) is 11.4 Å². The average molecular weight is 280 g/mol. The molecule has 110 valence electrons. The van der Waals surface area contributed by atoms with Gasteiger partial charge in [-0.05, 0) is 45.0 Å². The van der Waals surface area contributed by atoms with Crippen molar-refractivity contribution >= 4 is 11.7 Å². The molecular formula is C15H21FN2O2. The predicted octanol–water partition coefficient (Wildman–Crippen LogP) is 2.81. The Morgan fingerprint density at radius 2 is 2.10 bits per heavy atom. The number of nitrogens with zero attached hydrogens (tertiary/aromatic N) is 1. The van der Waals surface area contributed by atoms with Crippen LogP contribution in [0.25, 0.3) is 0 Å². The van der Waals surface area contributed by atoms with Crippen molar-refractivity contribution in [3.8, 4) is 0 Å². The third kappa shape index (κ3) is 3.48. The summed E-state index contributed by atoms with van der Waals surface area (Å²) in [4.78, 5) is 13.5. The maximum Gasteiger partial charge on any atom is 0.340 e. The van der Waals surface area contributed by atoms with Gasteiger partial charge in [-0.3, -0.25) is 4.90 Å². The summed E-state index contributed by atoms with van der Waals surface area (Å²) >= 11 is 0. The lowest BCUT2D eigenvalue weighted by atomic mass is 10.1. The van der Waals surface area contributed by atoms with E-state index in [2.05, 4.69) is 17.1 Å². The number of carboxylic acid groups (broad SMARTS) is 1. The highest BCUT2D eigenvalue weighted by atomic mass is 19.1. The van der Waals surface area contributed by atoms with E-state index in [0.29, 0.717) is 18.3 Å². The third-order valence-electron chi connectivity index (χ3n) is 3.83. The number of anilines is 1. The molecule has 2 rings (SSSR count). The van der Waals surface area contributed by atoms with Crippen molar-refractivity contribution in [3.63, 3.8) is 0 Å². The Hall–Kier alpha value is -1.62. The second-order valence-electron chi connectivity index (χ2n) is 5.29. The monoisotopic (exact) mass is 280 g/mol. The molecule has 0 aromatic heterocycles. The summed E-state index contributed by atoms with van der Waals surface area (Å²) in [6.07, 6.45) is 3.71. The summed E-state index contributed by atoms with van der Waals surface area (Å²) in [6, 6.07) is 4.61. The number of hydrogen-bond acceptors (Lipinski definition) is 3. The fourth-order valence-corrected chi connectivity index (χ4v) is 2.63. The molecule has 0 amide bonds. The zero-order chi connectivity index (χ0) is 14.5. The molecule has 1 aromatic rings. The van der Waals surface area contributed by atoms with Crippen LogP contribution in [0.1, 0.15) is 36.5 Å². The zero-order valence-electron chi connectivity index (χ0n) is 11.7. The molecule has 1 aromatic carbocycles. The van der Waals surface area contributed by atoms with Crippen LogP contribution in [-0.2, 0) is 0 Å². The van der Waals surface area contributed by atoms with Gasteiger partial charge in [-0.15, -0.1) is 0 Å². The highest BCUT2D eigenvalue weighted by Gasteiger charge is 2.19. The zero-order valence-corrected chi connectivity index (χ0v) is 11.7. The first kappa shape index (κ1) is 14.8. The predicted molar refractivity (Wildman–Crippen MR) is 76.7 cm³/mol. The van der Waals surface area contributed by atoms with Gasteiger partial charge in [0.15, 0.2) is 0 Å². The molecule has 0 radical (unpaired) electrons. The molecule has 5 heteroatoms. The van der Waals surface area contributed by atoms with Gasteiger partial charge in [0.25, 0.3) is 0 Å².